The molecule has 0 bridgehead atoms. The van der Waals surface area contributed by atoms with Gasteiger partial charge in [0.15, 0.2) is 5.82 Å². The predicted molar refractivity (Wildman–Crippen MR) is 135 cm³/mol. The molecule has 0 radical (unpaired) electrons. The molecule has 1 amide bonds. The van der Waals surface area contributed by atoms with E-state index in [2.05, 4.69) is 15.1 Å². The SMILES string of the molecule is Cc1ncc(-c2cc(C(F)(F)F)c3c(N)ncnn23)cc1C(=O)N1CCCC(C(C)(O)c2ccc(F)cc2)C1. The second-order valence-electron chi connectivity index (χ2n) is 9.95. The van der Waals surface area contributed by atoms with Gasteiger partial charge in [0, 0.05) is 30.8 Å². The molecular weight excluding hydrogens is 516 g/mol. The Bertz CT molecular complexity index is 1550. The number of carbonyl (C=O) groups excluding carboxylic acids is 1. The molecule has 4 heterocycles. The van der Waals surface area contributed by atoms with Crippen molar-refractivity contribution in [2.45, 2.75) is 38.5 Å². The molecule has 1 aliphatic rings. The third-order valence-electron chi connectivity index (χ3n) is 7.43. The number of pyridine rings is 1. The van der Waals surface area contributed by atoms with Crippen molar-refractivity contribution >= 4 is 17.2 Å². The lowest BCUT2D eigenvalue weighted by molar-refractivity contribution is -0.136. The van der Waals surface area contributed by atoms with Crippen molar-refractivity contribution in [2.24, 2.45) is 5.92 Å². The monoisotopic (exact) mass is 542 g/mol. The van der Waals surface area contributed by atoms with Crippen LogP contribution in [0.5, 0.6) is 0 Å². The average Bonchev–Trinajstić information content (AvgIpc) is 3.31. The molecule has 0 aliphatic carbocycles. The highest BCUT2D eigenvalue weighted by Crippen LogP contribution is 2.39. The summed E-state index contributed by atoms with van der Waals surface area (Å²) in [6.07, 6.45) is -0.980. The summed E-state index contributed by atoms with van der Waals surface area (Å²) >= 11 is 0. The van der Waals surface area contributed by atoms with Crippen molar-refractivity contribution in [2.75, 3.05) is 18.8 Å². The lowest BCUT2D eigenvalue weighted by Gasteiger charge is -2.41. The molecule has 0 saturated carbocycles. The Balaban J connectivity index is 1.48. The molecule has 39 heavy (non-hydrogen) atoms. The summed E-state index contributed by atoms with van der Waals surface area (Å²) in [5, 5.41) is 15.3. The smallest absolute Gasteiger partial charge is 0.385 e. The number of nitrogens with zero attached hydrogens (tertiary/aromatic N) is 5. The van der Waals surface area contributed by atoms with Gasteiger partial charge >= 0.3 is 6.18 Å². The minimum Gasteiger partial charge on any atom is -0.385 e. The number of hydrogen-bond donors (Lipinski definition) is 2. The fourth-order valence-corrected chi connectivity index (χ4v) is 5.19. The molecule has 1 fully saturated rings. The molecule has 204 valence electrons. The molecule has 1 aliphatic heterocycles. The molecule has 12 heteroatoms. The van der Waals surface area contributed by atoms with E-state index in [1.165, 1.54) is 36.5 Å². The minimum atomic E-state index is -4.70. The number of aromatic nitrogens is 4. The van der Waals surface area contributed by atoms with E-state index < -0.39 is 23.2 Å². The van der Waals surface area contributed by atoms with E-state index in [1.807, 2.05) is 0 Å². The molecule has 0 spiro atoms. The van der Waals surface area contributed by atoms with Crippen LogP contribution in [0.3, 0.4) is 0 Å². The Kier molecular flexibility index (Phi) is 6.53. The van der Waals surface area contributed by atoms with Gasteiger partial charge in [0.05, 0.1) is 28.1 Å². The van der Waals surface area contributed by atoms with Gasteiger partial charge in [-0.25, -0.2) is 13.9 Å². The zero-order valence-corrected chi connectivity index (χ0v) is 21.2. The normalized spacial score (nSPS) is 17.8. The van der Waals surface area contributed by atoms with Crippen molar-refractivity contribution in [1.82, 2.24) is 24.5 Å². The van der Waals surface area contributed by atoms with Gasteiger partial charge in [-0.2, -0.15) is 18.3 Å². The van der Waals surface area contributed by atoms with Crippen LogP contribution in [0.1, 0.15) is 46.9 Å². The maximum atomic E-state index is 13.8. The number of fused-ring (bicyclic) bond motifs is 1. The summed E-state index contributed by atoms with van der Waals surface area (Å²) in [6, 6.07) is 8.03. The molecule has 8 nitrogen and oxygen atoms in total. The molecule has 2 atom stereocenters. The number of anilines is 1. The number of benzene rings is 1. The number of rotatable bonds is 4. The number of alkyl halides is 3. The Morgan fingerprint density at radius 2 is 1.87 bits per heavy atom. The Hall–Kier alpha value is -4.06. The minimum absolute atomic E-state index is 0.0590. The average molecular weight is 543 g/mol. The number of aliphatic hydroxyl groups is 1. The van der Waals surface area contributed by atoms with Crippen LogP contribution in [0, 0.1) is 18.7 Å². The molecule has 3 N–H and O–H groups in total. The maximum absolute atomic E-state index is 13.8. The maximum Gasteiger partial charge on any atom is 0.418 e. The molecule has 2 unspecified atom stereocenters. The van der Waals surface area contributed by atoms with Crippen LogP contribution in [0.4, 0.5) is 23.4 Å². The van der Waals surface area contributed by atoms with Gasteiger partial charge < -0.3 is 15.7 Å². The third-order valence-corrected chi connectivity index (χ3v) is 7.43. The zero-order valence-electron chi connectivity index (χ0n) is 21.2. The Morgan fingerprint density at radius 3 is 2.56 bits per heavy atom. The van der Waals surface area contributed by atoms with Gasteiger partial charge in [0.2, 0.25) is 0 Å². The number of aryl methyl sites for hydroxylation is 1. The van der Waals surface area contributed by atoms with Crippen molar-refractivity contribution in [3.63, 3.8) is 0 Å². The van der Waals surface area contributed by atoms with Crippen LogP contribution in [-0.2, 0) is 11.8 Å². The fourth-order valence-electron chi connectivity index (χ4n) is 5.19. The number of nitrogens with two attached hydrogens (primary N) is 1. The van der Waals surface area contributed by atoms with E-state index in [1.54, 1.807) is 18.7 Å². The van der Waals surface area contributed by atoms with E-state index in [-0.39, 0.29) is 46.5 Å². The number of carbonyl (C=O) groups is 1. The lowest BCUT2D eigenvalue weighted by Crippen LogP contribution is -2.47. The number of piperidine rings is 1. The third kappa shape index (κ3) is 4.80. The van der Waals surface area contributed by atoms with Crippen LogP contribution < -0.4 is 5.73 Å². The van der Waals surface area contributed by atoms with Crippen LogP contribution in [0.25, 0.3) is 16.8 Å². The van der Waals surface area contributed by atoms with Crippen LogP contribution in [0.15, 0.2) is 48.9 Å². The topological polar surface area (TPSA) is 110 Å². The summed E-state index contributed by atoms with van der Waals surface area (Å²) in [6.45, 7) is 3.97. The first-order chi connectivity index (χ1) is 18.4. The van der Waals surface area contributed by atoms with Gasteiger partial charge in [-0.05, 0) is 56.5 Å². The van der Waals surface area contributed by atoms with E-state index in [0.717, 1.165) is 16.9 Å². The van der Waals surface area contributed by atoms with Gasteiger partial charge in [0.1, 0.15) is 17.7 Å². The van der Waals surface area contributed by atoms with E-state index in [4.69, 9.17) is 5.73 Å². The molecular formula is C27H26F4N6O2. The summed E-state index contributed by atoms with van der Waals surface area (Å²) < 4.78 is 55.8. The van der Waals surface area contributed by atoms with Crippen molar-refractivity contribution in [3.05, 3.63) is 77.1 Å². The Morgan fingerprint density at radius 1 is 1.15 bits per heavy atom. The molecule has 5 rings (SSSR count). The van der Waals surface area contributed by atoms with Gasteiger partial charge in [0.25, 0.3) is 5.91 Å². The zero-order chi connectivity index (χ0) is 28.1. The summed E-state index contributed by atoms with van der Waals surface area (Å²) in [5.74, 6) is -1.41. The highest BCUT2D eigenvalue weighted by molar-refractivity contribution is 5.96. The molecule has 4 aromatic rings. The number of nitrogen functional groups attached to an aromatic ring is 1. The summed E-state index contributed by atoms with van der Waals surface area (Å²) in [5.41, 5.74) is 4.56. The molecule has 3 aromatic heterocycles. The number of hydrogen-bond acceptors (Lipinski definition) is 6. The molecule has 1 aromatic carbocycles. The number of amides is 1. The van der Waals surface area contributed by atoms with Crippen LogP contribution >= 0.6 is 0 Å². The lowest BCUT2D eigenvalue weighted by atomic mass is 9.78. The van der Waals surface area contributed by atoms with Crippen LogP contribution in [-0.4, -0.2) is 48.6 Å². The Labute approximate surface area is 221 Å². The van der Waals surface area contributed by atoms with E-state index in [9.17, 15) is 27.5 Å². The van der Waals surface area contributed by atoms with Gasteiger partial charge in [-0.3, -0.25) is 9.78 Å². The van der Waals surface area contributed by atoms with Gasteiger partial charge in [-0.1, -0.05) is 12.1 Å². The first-order valence-electron chi connectivity index (χ1n) is 12.3. The quantitative estimate of drug-likeness (QED) is 0.365. The first-order valence-corrected chi connectivity index (χ1v) is 12.3. The van der Waals surface area contributed by atoms with E-state index in [0.29, 0.717) is 30.6 Å². The summed E-state index contributed by atoms with van der Waals surface area (Å²) in [4.78, 5) is 23.3. The highest BCUT2D eigenvalue weighted by Gasteiger charge is 2.39. The van der Waals surface area contributed by atoms with Crippen molar-refractivity contribution in [3.8, 4) is 11.3 Å². The number of halogens is 4. The van der Waals surface area contributed by atoms with E-state index >= 15 is 0 Å². The van der Waals surface area contributed by atoms with Crippen molar-refractivity contribution in [1.29, 1.82) is 0 Å². The standard InChI is InChI=1S/C27H26F4N6O2/c1-15-20(25(38)36-9-3-4-18(13-36)26(2,39)17-5-7-19(28)8-6-17)10-16(12-33-15)22-11-21(27(29,30)31)23-24(32)34-14-35-37(22)23/h5-8,10-12,14,18,39H,3-4,9,13H2,1-2H3,(H2,32,34,35). The first kappa shape index (κ1) is 26.5. The van der Waals surface area contributed by atoms with Gasteiger partial charge in [-0.15, -0.1) is 0 Å². The fraction of sp³-hybridized carbons (Fsp3) is 0.333. The number of likely N-dealkylation sites (tertiary alicyclic amines) is 1. The molecule has 1 saturated heterocycles. The highest BCUT2D eigenvalue weighted by atomic mass is 19.4. The second-order valence-corrected chi connectivity index (χ2v) is 9.95. The summed E-state index contributed by atoms with van der Waals surface area (Å²) in [7, 11) is 0. The predicted octanol–water partition coefficient (Wildman–Crippen LogP) is 4.60. The van der Waals surface area contributed by atoms with Crippen LogP contribution in [0.2, 0.25) is 0 Å². The second kappa shape index (κ2) is 9.60. The van der Waals surface area contributed by atoms with Crippen molar-refractivity contribution < 1.29 is 27.5 Å². The largest absolute Gasteiger partial charge is 0.418 e.